The molecule has 0 radical (unpaired) electrons. The van der Waals surface area contributed by atoms with Crippen molar-refractivity contribution in [2.45, 2.75) is 19.8 Å². The molecule has 15 heavy (non-hydrogen) atoms. The number of ether oxygens (including phenoxy) is 1. The van der Waals surface area contributed by atoms with Crippen LogP contribution in [0.2, 0.25) is 0 Å². The van der Waals surface area contributed by atoms with Crippen LogP contribution in [0, 0.1) is 0 Å². The Morgan fingerprint density at radius 2 is 2.27 bits per heavy atom. The Morgan fingerprint density at radius 1 is 1.40 bits per heavy atom. The van der Waals surface area contributed by atoms with Crippen molar-refractivity contribution >= 4 is 33.3 Å². The first-order valence-electron chi connectivity index (χ1n) is 5.01. The number of aliphatic imine (C=N–C) groups is 1. The summed E-state index contributed by atoms with van der Waals surface area (Å²) in [5.74, 6) is 1.70. The topological polar surface area (TPSA) is 21.6 Å². The molecule has 0 spiro atoms. The van der Waals surface area contributed by atoms with Gasteiger partial charge in [-0.05, 0) is 36.6 Å². The minimum absolute atomic E-state index is 0.726. The van der Waals surface area contributed by atoms with E-state index >= 15 is 0 Å². The van der Waals surface area contributed by atoms with E-state index in [9.17, 15) is 0 Å². The lowest BCUT2D eigenvalue weighted by Gasteiger charge is -2.24. The lowest BCUT2D eigenvalue weighted by molar-refractivity contribution is 0.491. The summed E-state index contributed by atoms with van der Waals surface area (Å²) in [4.78, 5) is 4.41. The summed E-state index contributed by atoms with van der Waals surface area (Å²) < 4.78 is 6.80. The average Bonchev–Trinajstić information content (AvgIpc) is 2.23. The summed E-state index contributed by atoms with van der Waals surface area (Å²) in [6.45, 7) is 1.89. The molecule has 0 saturated carbocycles. The van der Waals surface area contributed by atoms with Gasteiger partial charge in [0.2, 0.25) is 0 Å². The SMILES string of the molecule is CC1=Nc2ccc(Br)c3c2C(=CCC3)O1. The second-order valence-corrected chi connectivity index (χ2v) is 4.61. The second-order valence-electron chi connectivity index (χ2n) is 3.76. The lowest BCUT2D eigenvalue weighted by atomic mass is 9.94. The van der Waals surface area contributed by atoms with E-state index in [2.05, 4.69) is 33.1 Å². The number of hydrogen-bond acceptors (Lipinski definition) is 2. The standard InChI is InChI=1S/C12H10BrNO/c1-7-14-10-6-5-9(13)8-3-2-4-11(15-7)12(8)10/h4-6H,2-3H2,1H3. The summed E-state index contributed by atoms with van der Waals surface area (Å²) >= 11 is 3.58. The van der Waals surface area contributed by atoms with Crippen molar-refractivity contribution in [3.8, 4) is 0 Å². The minimum Gasteiger partial charge on any atom is -0.443 e. The maximum atomic E-state index is 5.64. The highest BCUT2D eigenvalue weighted by molar-refractivity contribution is 9.10. The zero-order valence-electron chi connectivity index (χ0n) is 8.38. The van der Waals surface area contributed by atoms with Gasteiger partial charge in [-0.1, -0.05) is 15.9 Å². The van der Waals surface area contributed by atoms with Crippen LogP contribution in [0.5, 0.6) is 0 Å². The molecule has 76 valence electrons. The van der Waals surface area contributed by atoms with E-state index in [0.29, 0.717) is 0 Å². The van der Waals surface area contributed by atoms with Crippen LogP contribution >= 0.6 is 15.9 Å². The highest BCUT2D eigenvalue weighted by Crippen LogP contribution is 2.41. The smallest absolute Gasteiger partial charge is 0.192 e. The number of benzene rings is 1. The van der Waals surface area contributed by atoms with Crippen LogP contribution in [0.3, 0.4) is 0 Å². The minimum atomic E-state index is 0.726. The Kier molecular flexibility index (Phi) is 1.96. The van der Waals surface area contributed by atoms with Crippen LogP contribution in [0.25, 0.3) is 5.76 Å². The average molecular weight is 264 g/mol. The molecule has 0 atom stereocenters. The van der Waals surface area contributed by atoms with Gasteiger partial charge in [-0.3, -0.25) is 0 Å². The fourth-order valence-electron chi connectivity index (χ4n) is 2.12. The van der Waals surface area contributed by atoms with Crippen molar-refractivity contribution < 1.29 is 4.74 Å². The number of nitrogens with zero attached hydrogens (tertiary/aromatic N) is 1. The van der Waals surface area contributed by atoms with E-state index < -0.39 is 0 Å². The first-order chi connectivity index (χ1) is 7.25. The van der Waals surface area contributed by atoms with E-state index in [4.69, 9.17) is 4.74 Å². The number of hydrogen-bond donors (Lipinski definition) is 0. The van der Waals surface area contributed by atoms with Gasteiger partial charge in [-0.2, -0.15) is 0 Å². The highest BCUT2D eigenvalue weighted by Gasteiger charge is 2.23. The molecule has 2 nitrogen and oxygen atoms in total. The molecule has 2 aliphatic rings. The van der Waals surface area contributed by atoms with E-state index in [1.807, 2.05) is 13.0 Å². The molecule has 1 aromatic rings. The van der Waals surface area contributed by atoms with Gasteiger partial charge in [-0.15, -0.1) is 0 Å². The van der Waals surface area contributed by atoms with Gasteiger partial charge in [0.15, 0.2) is 5.90 Å². The molecule has 1 aliphatic heterocycles. The zero-order valence-corrected chi connectivity index (χ0v) is 9.97. The molecule has 3 heteroatoms. The lowest BCUT2D eigenvalue weighted by Crippen LogP contribution is -2.10. The molecule has 1 heterocycles. The normalized spacial score (nSPS) is 17.5. The number of allylic oxidation sites excluding steroid dienone is 1. The van der Waals surface area contributed by atoms with Gasteiger partial charge >= 0.3 is 0 Å². The molecule has 0 amide bonds. The monoisotopic (exact) mass is 263 g/mol. The Bertz CT molecular complexity index is 503. The summed E-state index contributed by atoms with van der Waals surface area (Å²) in [7, 11) is 0. The summed E-state index contributed by atoms with van der Waals surface area (Å²) in [5.41, 5.74) is 3.52. The van der Waals surface area contributed by atoms with Crippen molar-refractivity contribution in [3.63, 3.8) is 0 Å². The van der Waals surface area contributed by atoms with Crippen LogP contribution in [0.15, 0.2) is 27.7 Å². The van der Waals surface area contributed by atoms with E-state index in [1.54, 1.807) is 0 Å². The number of halogens is 1. The fraction of sp³-hybridized carbons (Fsp3) is 0.250. The van der Waals surface area contributed by atoms with Gasteiger partial charge in [-0.25, -0.2) is 4.99 Å². The molecule has 0 fully saturated rings. The Hall–Kier alpha value is -1.09. The third-order valence-electron chi connectivity index (χ3n) is 2.74. The van der Waals surface area contributed by atoms with E-state index in [1.165, 1.54) is 11.1 Å². The molecule has 3 rings (SSSR count). The first-order valence-corrected chi connectivity index (χ1v) is 5.80. The largest absolute Gasteiger partial charge is 0.443 e. The molecule has 0 saturated heterocycles. The molecule has 1 aromatic carbocycles. The van der Waals surface area contributed by atoms with E-state index in [-0.39, 0.29) is 0 Å². The van der Waals surface area contributed by atoms with Crippen LogP contribution in [-0.2, 0) is 11.2 Å². The maximum Gasteiger partial charge on any atom is 0.192 e. The summed E-state index contributed by atoms with van der Waals surface area (Å²) in [6, 6.07) is 4.10. The van der Waals surface area contributed by atoms with Gasteiger partial charge < -0.3 is 4.74 Å². The molecule has 1 aliphatic carbocycles. The van der Waals surface area contributed by atoms with Gasteiger partial charge in [0, 0.05) is 17.0 Å². The predicted octanol–water partition coefficient (Wildman–Crippen LogP) is 3.82. The summed E-state index contributed by atoms with van der Waals surface area (Å²) in [6.07, 6.45) is 4.25. The third kappa shape index (κ3) is 1.34. The maximum absolute atomic E-state index is 5.64. The second kappa shape index (κ2) is 3.20. The molecular formula is C12H10BrNO. The molecule has 0 unspecified atom stereocenters. The van der Waals surface area contributed by atoms with Crippen LogP contribution in [0.4, 0.5) is 5.69 Å². The van der Waals surface area contributed by atoms with Crippen molar-refractivity contribution in [2.24, 2.45) is 4.99 Å². The molecular weight excluding hydrogens is 254 g/mol. The molecule has 0 N–H and O–H groups in total. The van der Waals surface area contributed by atoms with Crippen molar-refractivity contribution in [2.75, 3.05) is 0 Å². The Labute approximate surface area is 96.8 Å². The highest BCUT2D eigenvalue weighted by atomic mass is 79.9. The number of rotatable bonds is 0. The van der Waals surface area contributed by atoms with Crippen molar-refractivity contribution in [1.82, 2.24) is 0 Å². The fourth-order valence-corrected chi connectivity index (χ4v) is 2.65. The molecule has 0 aromatic heterocycles. The van der Waals surface area contributed by atoms with Gasteiger partial charge in [0.05, 0.1) is 5.69 Å². The molecule has 0 bridgehead atoms. The zero-order chi connectivity index (χ0) is 10.4. The third-order valence-corrected chi connectivity index (χ3v) is 3.48. The quantitative estimate of drug-likeness (QED) is 0.698. The van der Waals surface area contributed by atoms with Crippen molar-refractivity contribution in [1.29, 1.82) is 0 Å². The van der Waals surface area contributed by atoms with Crippen LogP contribution in [-0.4, -0.2) is 5.90 Å². The van der Waals surface area contributed by atoms with E-state index in [0.717, 1.165) is 34.7 Å². The Morgan fingerprint density at radius 3 is 3.13 bits per heavy atom. The summed E-state index contributed by atoms with van der Waals surface area (Å²) in [5, 5.41) is 0. The predicted molar refractivity (Wildman–Crippen MR) is 64.3 cm³/mol. The Balaban J connectivity index is 2.34. The van der Waals surface area contributed by atoms with Gasteiger partial charge in [0.25, 0.3) is 0 Å². The van der Waals surface area contributed by atoms with Crippen LogP contribution < -0.4 is 0 Å². The van der Waals surface area contributed by atoms with Crippen molar-refractivity contribution in [3.05, 3.63) is 33.8 Å². The van der Waals surface area contributed by atoms with Crippen LogP contribution in [0.1, 0.15) is 24.5 Å². The first kappa shape index (κ1) is 9.16. The van der Waals surface area contributed by atoms with Gasteiger partial charge in [0.1, 0.15) is 5.76 Å².